The second-order valence-electron chi connectivity index (χ2n) is 4.89. The Hall–Kier alpha value is -1.25. The second kappa shape index (κ2) is 5.93. The molecular weight excluding hydrogens is 389 g/mol. The minimum absolute atomic E-state index is 0.520. The van der Waals surface area contributed by atoms with Gasteiger partial charge in [-0.15, -0.1) is 0 Å². The summed E-state index contributed by atoms with van der Waals surface area (Å²) in [6.07, 6.45) is -7.17. The maximum absolute atomic E-state index is 13.4. The van der Waals surface area contributed by atoms with E-state index in [9.17, 15) is 52.7 Å². The summed E-state index contributed by atoms with van der Waals surface area (Å²) < 4.78 is 141. The van der Waals surface area contributed by atoms with Crippen molar-refractivity contribution in [2.45, 2.75) is 42.7 Å². The van der Waals surface area contributed by atoms with Gasteiger partial charge in [-0.3, -0.25) is 4.79 Å². The van der Waals surface area contributed by atoms with Gasteiger partial charge in [0.1, 0.15) is 5.54 Å². The molecule has 144 valence electrons. The molecule has 5 nitrogen and oxygen atoms in total. The predicted octanol–water partition coefficient (Wildman–Crippen LogP) is 2.28. The molecule has 0 aromatic carbocycles. The van der Waals surface area contributed by atoms with Gasteiger partial charge in [0.15, 0.2) is 0 Å². The molecule has 0 saturated heterocycles. The molecule has 0 aromatic rings. The first-order valence-electron chi connectivity index (χ1n) is 5.51. The smallest absolute Gasteiger partial charge is 0.460 e. The summed E-state index contributed by atoms with van der Waals surface area (Å²) in [5, 5.41) is -6.93. The Bertz CT molecular complexity index is 597. The SMILES string of the molecule is COC(=O)C(C)(C)NS(=O)(=O)C(F)(F)C(F)(F)C(F)(F)C(F)(F)F. The van der Waals surface area contributed by atoms with Crippen LogP contribution < -0.4 is 4.72 Å². The standard InChI is InChI=1S/C9H10F9NO4S/c1-5(2,4(20)23-3)19-24(21,22)9(17,18)7(12,13)6(10,11)8(14,15)16/h19H,1-3H3. The number of methoxy groups -OCH3 is 1. The Morgan fingerprint density at radius 3 is 1.54 bits per heavy atom. The van der Waals surface area contributed by atoms with Crippen LogP contribution in [0.2, 0.25) is 0 Å². The zero-order valence-corrected chi connectivity index (χ0v) is 12.8. The maximum atomic E-state index is 13.4. The van der Waals surface area contributed by atoms with E-state index in [4.69, 9.17) is 0 Å². The van der Waals surface area contributed by atoms with Crippen LogP contribution in [0.4, 0.5) is 39.5 Å². The first-order valence-corrected chi connectivity index (χ1v) is 6.99. The third-order valence-electron chi connectivity index (χ3n) is 2.54. The summed E-state index contributed by atoms with van der Waals surface area (Å²) in [5.74, 6) is -16.4. The van der Waals surface area contributed by atoms with Gasteiger partial charge in [0, 0.05) is 0 Å². The van der Waals surface area contributed by atoms with Crippen LogP contribution in [0, 0.1) is 0 Å². The Morgan fingerprint density at radius 2 is 1.25 bits per heavy atom. The van der Waals surface area contributed by atoms with Crippen LogP contribution in [0.25, 0.3) is 0 Å². The number of hydrogen-bond acceptors (Lipinski definition) is 4. The van der Waals surface area contributed by atoms with Crippen molar-refractivity contribution in [2.24, 2.45) is 0 Å². The molecule has 0 amide bonds. The maximum Gasteiger partial charge on any atom is 0.460 e. The quantitative estimate of drug-likeness (QED) is 0.550. The van der Waals surface area contributed by atoms with Crippen LogP contribution >= 0.6 is 0 Å². The number of hydrogen-bond donors (Lipinski definition) is 1. The highest BCUT2D eigenvalue weighted by atomic mass is 32.2. The third kappa shape index (κ3) is 3.41. The van der Waals surface area contributed by atoms with E-state index in [-0.39, 0.29) is 0 Å². The molecule has 0 saturated carbocycles. The monoisotopic (exact) mass is 399 g/mol. The molecule has 0 spiro atoms. The van der Waals surface area contributed by atoms with Gasteiger partial charge in [0.2, 0.25) is 0 Å². The molecule has 0 aliphatic rings. The number of nitrogens with one attached hydrogen (secondary N) is 1. The Balaban J connectivity index is 6.10. The molecule has 0 bridgehead atoms. The van der Waals surface area contributed by atoms with Gasteiger partial charge in [-0.2, -0.15) is 44.2 Å². The molecule has 0 heterocycles. The number of carbonyl (C=O) groups excluding carboxylic acids is 1. The predicted molar refractivity (Wildman–Crippen MR) is 59.0 cm³/mol. The second-order valence-corrected chi connectivity index (χ2v) is 6.61. The topological polar surface area (TPSA) is 72.5 Å². The van der Waals surface area contributed by atoms with Crippen molar-refractivity contribution >= 4 is 16.0 Å². The largest absolute Gasteiger partial charge is 0.468 e. The van der Waals surface area contributed by atoms with Crippen LogP contribution in [-0.4, -0.2) is 50.3 Å². The van der Waals surface area contributed by atoms with Crippen LogP contribution in [0.15, 0.2) is 0 Å². The molecule has 0 radical (unpaired) electrons. The van der Waals surface area contributed by atoms with Crippen molar-refractivity contribution in [2.75, 3.05) is 7.11 Å². The molecule has 15 heteroatoms. The first-order chi connectivity index (χ1) is 10.2. The highest BCUT2D eigenvalue weighted by Crippen LogP contribution is 2.54. The zero-order valence-electron chi connectivity index (χ0n) is 11.9. The molecule has 24 heavy (non-hydrogen) atoms. The zero-order chi connectivity index (χ0) is 20.0. The fraction of sp³-hybridized carbons (Fsp3) is 0.889. The van der Waals surface area contributed by atoms with E-state index < -0.39 is 44.8 Å². The summed E-state index contributed by atoms with van der Waals surface area (Å²) in [7, 11) is -6.25. The van der Waals surface area contributed by atoms with E-state index in [0.717, 1.165) is 0 Å². The molecule has 0 aliphatic heterocycles. The Labute approximate surface area is 129 Å². The molecule has 1 N–H and O–H groups in total. The third-order valence-corrected chi connectivity index (χ3v) is 4.25. The van der Waals surface area contributed by atoms with Gasteiger partial charge >= 0.3 is 29.2 Å². The number of alkyl halides is 9. The molecule has 0 aromatic heterocycles. The van der Waals surface area contributed by atoms with Gasteiger partial charge in [0.25, 0.3) is 10.0 Å². The number of esters is 1. The normalized spacial score (nSPS) is 15.3. The summed E-state index contributed by atoms with van der Waals surface area (Å²) in [5.41, 5.74) is -2.67. The van der Waals surface area contributed by atoms with E-state index >= 15 is 0 Å². The number of ether oxygens (including phenoxy) is 1. The lowest BCUT2D eigenvalue weighted by atomic mass is 10.1. The first kappa shape index (κ1) is 22.8. The molecule has 0 atom stereocenters. The number of sulfonamides is 1. The Kier molecular flexibility index (Phi) is 5.62. The minimum atomic E-state index is -7.38. The molecule has 0 fully saturated rings. The van der Waals surface area contributed by atoms with Gasteiger partial charge in [-0.25, -0.2) is 8.42 Å². The fourth-order valence-corrected chi connectivity index (χ4v) is 2.58. The van der Waals surface area contributed by atoms with Crippen LogP contribution in [-0.2, 0) is 19.6 Å². The molecule has 0 unspecified atom stereocenters. The number of carbonyl (C=O) groups is 1. The van der Waals surface area contributed by atoms with E-state index in [1.165, 1.54) is 0 Å². The summed E-state index contributed by atoms with van der Waals surface area (Å²) in [4.78, 5) is 11.1. The molecule has 0 rings (SSSR count). The van der Waals surface area contributed by atoms with Crippen LogP contribution in [0.3, 0.4) is 0 Å². The highest BCUT2D eigenvalue weighted by molar-refractivity contribution is 7.90. The lowest BCUT2D eigenvalue weighted by Crippen LogP contribution is -2.67. The summed E-state index contributed by atoms with van der Waals surface area (Å²) in [6.45, 7) is 1.04. The average molecular weight is 399 g/mol. The van der Waals surface area contributed by atoms with Gasteiger partial charge in [-0.1, -0.05) is 0 Å². The van der Waals surface area contributed by atoms with Crippen LogP contribution in [0.5, 0.6) is 0 Å². The fourth-order valence-electron chi connectivity index (χ4n) is 1.23. The number of rotatable bonds is 6. The molecular formula is C9H10F9NO4S. The van der Waals surface area contributed by atoms with Crippen molar-refractivity contribution in [1.29, 1.82) is 0 Å². The van der Waals surface area contributed by atoms with Crippen molar-refractivity contribution in [3.05, 3.63) is 0 Å². The van der Waals surface area contributed by atoms with E-state index in [1.54, 1.807) is 0 Å². The van der Waals surface area contributed by atoms with E-state index in [2.05, 4.69) is 4.74 Å². The van der Waals surface area contributed by atoms with E-state index in [1.807, 2.05) is 0 Å². The highest BCUT2D eigenvalue weighted by Gasteiger charge is 2.85. The lowest BCUT2D eigenvalue weighted by Gasteiger charge is -2.34. The number of halogens is 9. The Morgan fingerprint density at radius 1 is 0.875 bits per heavy atom. The van der Waals surface area contributed by atoms with Crippen molar-refractivity contribution < 1.29 is 57.5 Å². The lowest BCUT2D eigenvalue weighted by molar-refractivity contribution is -0.382. The average Bonchev–Trinajstić information content (AvgIpc) is 2.34. The van der Waals surface area contributed by atoms with Gasteiger partial charge < -0.3 is 4.74 Å². The minimum Gasteiger partial charge on any atom is -0.468 e. The van der Waals surface area contributed by atoms with E-state index in [0.29, 0.717) is 25.7 Å². The van der Waals surface area contributed by atoms with Gasteiger partial charge in [0.05, 0.1) is 7.11 Å². The van der Waals surface area contributed by atoms with Crippen molar-refractivity contribution in [1.82, 2.24) is 4.72 Å². The van der Waals surface area contributed by atoms with Crippen molar-refractivity contribution in [3.63, 3.8) is 0 Å². The van der Waals surface area contributed by atoms with Crippen molar-refractivity contribution in [3.8, 4) is 0 Å². The van der Waals surface area contributed by atoms with Crippen LogP contribution in [0.1, 0.15) is 13.8 Å². The molecule has 0 aliphatic carbocycles. The summed E-state index contributed by atoms with van der Waals surface area (Å²) in [6, 6.07) is 0. The summed E-state index contributed by atoms with van der Waals surface area (Å²) >= 11 is 0. The van der Waals surface area contributed by atoms with Gasteiger partial charge in [-0.05, 0) is 13.8 Å².